The summed E-state index contributed by atoms with van der Waals surface area (Å²) in [4.78, 5) is 91.4. The van der Waals surface area contributed by atoms with Gasteiger partial charge < -0.3 is 42.1 Å². The standard InChI is InChI=1S/C50H96N8O7/c1-37(2)29-41(9)33-57(48(63)31-39(5)6)35-46(61)54-26-20-15-11-13-17-24-44(59)53-28-22-19-23-43(50(51)65)56-45(60)25-18-14-12-16-21-27-55-47(62)36-58(49(64)32-40(7)8)34-42(52-10)30-38(3)4/h37-43,52H,11-36H2,1-10H3,(H2,51,65)(H,53,59)(H,54,61)(H,55,62)(H,56,60)/t41-,42-,43-/m0/s1. The van der Waals surface area contributed by atoms with Crippen LogP contribution in [0.3, 0.4) is 0 Å². The zero-order chi connectivity index (χ0) is 49.2. The van der Waals surface area contributed by atoms with E-state index in [1.807, 2.05) is 34.7 Å². The summed E-state index contributed by atoms with van der Waals surface area (Å²) in [5, 5.41) is 14.9. The van der Waals surface area contributed by atoms with Crippen LogP contribution in [0.2, 0.25) is 0 Å². The minimum absolute atomic E-state index is 0.00197. The molecule has 0 saturated carbocycles. The molecule has 65 heavy (non-hydrogen) atoms. The number of nitrogens with two attached hydrogens (primary N) is 1. The van der Waals surface area contributed by atoms with E-state index in [4.69, 9.17) is 5.73 Å². The van der Waals surface area contributed by atoms with Gasteiger partial charge in [-0.1, -0.05) is 101 Å². The maximum absolute atomic E-state index is 12.9. The van der Waals surface area contributed by atoms with Crippen molar-refractivity contribution in [2.24, 2.45) is 35.3 Å². The highest BCUT2D eigenvalue weighted by Gasteiger charge is 2.23. The van der Waals surface area contributed by atoms with E-state index >= 15 is 0 Å². The van der Waals surface area contributed by atoms with Gasteiger partial charge in [-0.15, -0.1) is 0 Å². The van der Waals surface area contributed by atoms with Crippen molar-refractivity contribution in [1.29, 1.82) is 0 Å². The van der Waals surface area contributed by atoms with Crippen LogP contribution in [0.4, 0.5) is 0 Å². The Kier molecular flexibility index (Phi) is 35.2. The monoisotopic (exact) mass is 921 g/mol. The molecule has 378 valence electrons. The quantitative estimate of drug-likeness (QED) is 0.0388. The molecular formula is C50H96N8O7. The second-order valence-corrected chi connectivity index (χ2v) is 20.2. The number of rotatable bonds is 40. The summed E-state index contributed by atoms with van der Waals surface area (Å²) in [5.41, 5.74) is 5.58. The number of hydrogen-bond acceptors (Lipinski definition) is 8. The molecule has 3 atom stereocenters. The summed E-state index contributed by atoms with van der Waals surface area (Å²) in [7, 11) is 1.89. The van der Waals surface area contributed by atoms with Gasteiger partial charge in [0, 0.05) is 64.4 Å². The number of hydrogen-bond donors (Lipinski definition) is 6. The Balaban J connectivity index is 4.18. The molecule has 7 amide bonds. The number of primary amides is 1. The van der Waals surface area contributed by atoms with E-state index in [0.717, 1.165) is 70.6 Å². The summed E-state index contributed by atoms with van der Waals surface area (Å²) in [5.74, 6) is 0.787. The zero-order valence-corrected chi connectivity index (χ0v) is 42.8. The molecule has 0 aromatic rings. The van der Waals surface area contributed by atoms with Crippen molar-refractivity contribution in [3.05, 3.63) is 0 Å². The van der Waals surface area contributed by atoms with Crippen molar-refractivity contribution < 1.29 is 33.6 Å². The highest BCUT2D eigenvalue weighted by molar-refractivity contribution is 5.87. The lowest BCUT2D eigenvalue weighted by Gasteiger charge is -2.28. The maximum Gasteiger partial charge on any atom is 0.239 e. The summed E-state index contributed by atoms with van der Waals surface area (Å²) < 4.78 is 0. The lowest BCUT2D eigenvalue weighted by atomic mass is 9.98. The normalized spacial score (nSPS) is 12.8. The van der Waals surface area contributed by atoms with Crippen molar-refractivity contribution in [3.63, 3.8) is 0 Å². The zero-order valence-electron chi connectivity index (χ0n) is 42.8. The molecule has 0 heterocycles. The second kappa shape index (κ2) is 37.4. The number of carbonyl (C=O) groups excluding carboxylic acids is 7. The van der Waals surface area contributed by atoms with Crippen LogP contribution in [0.1, 0.15) is 184 Å². The van der Waals surface area contributed by atoms with Crippen LogP contribution >= 0.6 is 0 Å². The van der Waals surface area contributed by atoms with Gasteiger partial charge in [0.15, 0.2) is 0 Å². The van der Waals surface area contributed by atoms with Crippen LogP contribution in [0, 0.1) is 29.6 Å². The molecule has 0 aromatic carbocycles. The molecule has 0 aliphatic rings. The largest absolute Gasteiger partial charge is 0.368 e. The predicted molar refractivity (Wildman–Crippen MR) is 262 cm³/mol. The number of unbranched alkanes of at least 4 members (excludes halogenated alkanes) is 9. The number of nitrogens with zero attached hydrogens (tertiary/aromatic N) is 2. The van der Waals surface area contributed by atoms with Crippen molar-refractivity contribution in [1.82, 2.24) is 36.4 Å². The topological polar surface area (TPSA) is 212 Å². The molecule has 0 rings (SSSR count). The highest BCUT2D eigenvalue weighted by atomic mass is 16.2. The minimum Gasteiger partial charge on any atom is -0.368 e. The first-order valence-corrected chi connectivity index (χ1v) is 25.3. The lowest BCUT2D eigenvalue weighted by molar-refractivity contribution is -0.137. The number of likely N-dealkylation sites (N-methyl/N-ethyl adjacent to an activating group) is 1. The van der Waals surface area contributed by atoms with Gasteiger partial charge in [-0.25, -0.2) is 0 Å². The fourth-order valence-electron chi connectivity index (χ4n) is 7.98. The molecule has 15 heteroatoms. The third-order valence-corrected chi connectivity index (χ3v) is 11.3. The molecule has 0 fully saturated rings. The van der Waals surface area contributed by atoms with E-state index in [1.54, 1.807) is 9.80 Å². The molecule has 0 aliphatic heterocycles. The van der Waals surface area contributed by atoms with Crippen LogP contribution < -0.4 is 32.3 Å². The molecule has 0 radical (unpaired) electrons. The second-order valence-electron chi connectivity index (χ2n) is 20.2. The fourth-order valence-corrected chi connectivity index (χ4v) is 7.98. The van der Waals surface area contributed by atoms with Gasteiger partial charge >= 0.3 is 0 Å². The molecule has 0 saturated heterocycles. The first-order valence-electron chi connectivity index (χ1n) is 25.3. The summed E-state index contributed by atoms with van der Waals surface area (Å²) in [6.07, 6.45) is 13.9. The van der Waals surface area contributed by atoms with E-state index in [1.165, 1.54) is 0 Å². The first-order chi connectivity index (χ1) is 30.7. The molecule has 0 unspecified atom stereocenters. The minimum atomic E-state index is -0.747. The predicted octanol–water partition coefficient (Wildman–Crippen LogP) is 6.22. The highest BCUT2D eigenvalue weighted by Crippen LogP contribution is 2.15. The van der Waals surface area contributed by atoms with Crippen molar-refractivity contribution in [2.75, 3.05) is 52.9 Å². The first kappa shape index (κ1) is 61.2. The number of nitrogens with one attached hydrogen (secondary N) is 5. The van der Waals surface area contributed by atoms with Crippen molar-refractivity contribution >= 4 is 41.4 Å². The molecule has 0 bridgehead atoms. The third-order valence-electron chi connectivity index (χ3n) is 11.3. The van der Waals surface area contributed by atoms with E-state index in [2.05, 4.69) is 61.2 Å². The average molecular weight is 921 g/mol. The van der Waals surface area contributed by atoms with Crippen LogP contribution in [0.5, 0.6) is 0 Å². The van der Waals surface area contributed by atoms with E-state index < -0.39 is 11.9 Å². The SMILES string of the molecule is CN[C@@H](CC(C)C)CN(CC(=O)NCCCCCCCC(=O)N[C@@H](CCCCNC(=O)CCCCCCCNC(=O)CN(C[C@@H](C)CC(C)C)C(=O)CC(C)C)C(N)=O)C(=O)CC(C)C. The van der Waals surface area contributed by atoms with Crippen LogP contribution in [-0.4, -0.2) is 116 Å². The van der Waals surface area contributed by atoms with Gasteiger partial charge in [-0.3, -0.25) is 33.6 Å². The van der Waals surface area contributed by atoms with E-state index in [-0.39, 0.29) is 66.4 Å². The molecule has 0 spiro atoms. The van der Waals surface area contributed by atoms with Gasteiger partial charge in [-0.2, -0.15) is 0 Å². The Hall–Kier alpha value is -3.75. The molecule has 15 nitrogen and oxygen atoms in total. The Morgan fingerprint density at radius 2 is 0.892 bits per heavy atom. The van der Waals surface area contributed by atoms with Gasteiger partial charge in [0.05, 0.1) is 13.1 Å². The van der Waals surface area contributed by atoms with Crippen molar-refractivity contribution in [3.8, 4) is 0 Å². The van der Waals surface area contributed by atoms with Gasteiger partial charge in [-0.05, 0) is 94.4 Å². The number of amides is 7. The Morgan fingerprint density at radius 1 is 0.477 bits per heavy atom. The molecular weight excluding hydrogens is 825 g/mol. The summed E-state index contributed by atoms with van der Waals surface area (Å²) in [6.45, 7) is 21.6. The van der Waals surface area contributed by atoms with Crippen LogP contribution in [0.25, 0.3) is 0 Å². The lowest BCUT2D eigenvalue weighted by Crippen LogP contribution is -2.47. The Bertz CT molecular complexity index is 1360. The smallest absolute Gasteiger partial charge is 0.239 e. The molecule has 7 N–H and O–H groups in total. The van der Waals surface area contributed by atoms with Crippen molar-refractivity contribution in [2.45, 2.75) is 196 Å². The summed E-state index contributed by atoms with van der Waals surface area (Å²) >= 11 is 0. The number of carbonyl (C=O) groups is 7. The van der Waals surface area contributed by atoms with Crippen LogP contribution in [-0.2, 0) is 33.6 Å². The molecule has 0 aliphatic carbocycles. The molecule has 0 aromatic heterocycles. The maximum atomic E-state index is 12.9. The Morgan fingerprint density at radius 3 is 1.34 bits per heavy atom. The third kappa shape index (κ3) is 35.2. The van der Waals surface area contributed by atoms with E-state index in [0.29, 0.717) is 102 Å². The van der Waals surface area contributed by atoms with E-state index in [9.17, 15) is 33.6 Å². The Labute approximate surface area is 394 Å². The summed E-state index contributed by atoms with van der Waals surface area (Å²) in [6, 6.07) is -0.621. The average Bonchev–Trinajstić information content (AvgIpc) is 3.20. The van der Waals surface area contributed by atoms with Gasteiger partial charge in [0.2, 0.25) is 41.4 Å². The van der Waals surface area contributed by atoms with Gasteiger partial charge in [0.25, 0.3) is 0 Å². The van der Waals surface area contributed by atoms with Gasteiger partial charge in [0.1, 0.15) is 6.04 Å². The fraction of sp³-hybridized carbons (Fsp3) is 0.860. The van der Waals surface area contributed by atoms with Crippen LogP contribution in [0.15, 0.2) is 0 Å².